The lowest BCUT2D eigenvalue weighted by molar-refractivity contribution is -0.133. The molecule has 0 aliphatic heterocycles. The molecule has 2 amide bonds. The monoisotopic (exact) mass is 304 g/mol. The minimum atomic E-state index is -1.04. The van der Waals surface area contributed by atoms with Crippen molar-refractivity contribution in [3.8, 4) is 0 Å². The van der Waals surface area contributed by atoms with Gasteiger partial charge in [0.25, 0.3) is 0 Å². The summed E-state index contributed by atoms with van der Waals surface area (Å²) < 4.78 is 26.2. The van der Waals surface area contributed by atoms with Crippen LogP contribution in [0.15, 0.2) is 42.5 Å². The van der Waals surface area contributed by atoms with E-state index in [2.05, 4.69) is 10.6 Å². The number of hydrogen-bond donors (Lipinski definition) is 2. The lowest BCUT2D eigenvalue weighted by Crippen LogP contribution is -2.29. The first-order chi connectivity index (χ1) is 10.5. The van der Waals surface area contributed by atoms with Crippen molar-refractivity contribution in [1.29, 1.82) is 0 Å². The van der Waals surface area contributed by atoms with E-state index >= 15 is 0 Å². The van der Waals surface area contributed by atoms with E-state index in [4.69, 9.17) is 0 Å². The van der Waals surface area contributed by atoms with E-state index in [0.29, 0.717) is 11.8 Å². The van der Waals surface area contributed by atoms with Gasteiger partial charge in [-0.3, -0.25) is 9.59 Å². The standard InChI is InChI=1S/C16H14F2N2O2/c1-2-10-3-6-12(7-4-10)19-15(21)16(22)20-14-8-5-11(17)9-13(14)18/h3-9H,2H2,1H3,(H,19,21)(H,20,22). The largest absolute Gasteiger partial charge is 0.318 e. The molecule has 0 atom stereocenters. The Morgan fingerprint density at radius 3 is 2.18 bits per heavy atom. The fraction of sp³-hybridized carbons (Fsp3) is 0.125. The highest BCUT2D eigenvalue weighted by Gasteiger charge is 2.16. The molecule has 0 unspecified atom stereocenters. The molecule has 0 fully saturated rings. The van der Waals surface area contributed by atoms with Crippen LogP contribution in [0.25, 0.3) is 0 Å². The second-order valence-corrected chi connectivity index (χ2v) is 4.58. The first-order valence-corrected chi connectivity index (χ1v) is 6.66. The molecule has 6 heteroatoms. The highest BCUT2D eigenvalue weighted by Crippen LogP contribution is 2.15. The van der Waals surface area contributed by atoms with E-state index in [1.807, 2.05) is 19.1 Å². The highest BCUT2D eigenvalue weighted by molar-refractivity contribution is 6.43. The van der Waals surface area contributed by atoms with E-state index in [9.17, 15) is 18.4 Å². The van der Waals surface area contributed by atoms with Crippen molar-refractivity contribution < 1.29 is 18.4 Å². The second-order valence-electron chi connectivity index (χ2n) is 4.58. The summed E-state index contributed by atoms with van der Waals surface area (Å²) in [6.45, 7) is 2.00. The zero-order chi connectivity index (χ0) is 16.1. The van der Waals surface area contributed by atoms with Crippen LogP contribution in [0.2, 0.25) is 0 Å². The number of aryl methyl sites for hydroxylation is 1. The molecule has 0 aromatic heterocycles. The van der Waals surface area contributed by atoms with Crippen LogP contribution < -0.4 is 10.6 Å². The molecular formula is C16H14F2N2O2. The first kappa shape index (κ1) is 15.6. The van der Waals surface area contributed by atoms with Gasteiger partial charge in [-0.2, -0.15) is 0 Å². The Labute approximate surface area is 126 Å². The van der Waals surface area contributed by atoms with Crippen molar-refractivity contribution in [2.75, 3.05) is 10.6 Å². The van der Waals surface area contributed by atoms with Gasteiger partial charge in [-0.25, -0.2) is 8.78 Å². The summed E-state index contributed by atoms with van der Waals surface area (Å²) in [5.41, 5.74) is 1.29. The molecule has 2 aromatic carbocycles. The first-order valence-electron chi connectivity index (χ1n) is 6.66. The van der Waals surface area contributed by atoms with Gasteiger partial charge in [0, 0.05) is 11.8 Å². The summed E-state index contributed by atoms with van der Waals surface area (Å²) in [6, 6.07) is 9.65. The molecule has 114 valence electrons. The maximum Gasteiger partial charge on any atom is 0.314 e. The summed E-state index contributed by atoms with van der Waals surface area (Å²) in [6.07, 6.45) is 0.860. The molecule has 22 heavy (non-hydrogen) atoms. The number of hydrogen-bond acceptors (Lipinski definition) is 2. The Morgan fingerprint density at radius 1 is 0.955 bits per heavy atom. The Kier molecular flexibility index (Phi) is 4.83. The fourth-order valence-corrected chi connectivity index (χ4v) is 1.78. The van der Waals surface area contributed by atoms with E-state index in [1.165, 1.54) is 0 Å². The molecule has 0 radical (unpaired) electrons. The Hall–Kier alpha value is -2.76. The Bertz CT molecular complexity index is 700. The zero-order valence-electron chi connectivity index (χ0n) is 11.8. The predicted octanol–water partition coefficient (Wildman–Crippen LogP) is 3.10. The normalized spacial score (nSPS) is 10.1. The summed E-state index contributed by atoms with van der Waals surface area (Å²) in [4.78, 5) is 23.4. The molecule has 0 saturated carbocycles. The maximum absolute atomic E-state index is 13.4. The van der Waals surface area contributed by atoms with Crippen LogP contribution in [-0.4, -0.2) is 11.8 Å². The van der Waals surface area contributed by atoms with E-state index in [1.54, 1.807) is 12.1 Å². The van der Waals surface area contributed by atoms with Gasteiger partial charge in [0.1, 0.15) is 11.6 Å². The van der Waals surface area contributed by atoms with Crippen LogP contribution >= 0.6 is 0 Å². The number of nitrogens with one attached hydrogen (secondary N) is 2. The molecule has 0 aliphatic carbocycles. The molecular weight excluding hydrogens is 290 g/mol. The number of carbonyl (C=O) groups is 2. The zero-order valence-corrected chi connectivity index (χ0v) is 11.8. The predicted molar refractivity (Wildman–Crippen MR) is 79.4 cm³/mol. The topological polar surface area (TPSA) is 58.2 Å². The quantitative estimate of drug-likeness (QED) is 0.856. The van der Waals surface area contributed by atoms with Gasteiger partial charge in [-0.15, -0.1) is 0 Å². The summed E-state index contributed by atoms with van der Waals surface area (Å²) in [7, 11) is 0. The third kappa shape index (κ3) is 3.88. The van der Waals surface area contributed by atoms with Gasteiger partial charge in [0.15, 0.2) is 0 Å². The molecule has 0 saturated heterocycles. The van der Waals surface area contributed by atoms with E-state index in [-0.39, 0.29) is 5.69 Å². The number of halogens is 2. The van der Waals surface area contributed by atoms with Gasteiger partial charge in [0.05, 0.1) is 5.69 Å². The van der Waals surface area contributed by atoms with Crippen LogP contribution in [0.5, 0.6) is 0 Å². The molecule has 2 rings (SSSR count). The summed E-state index contributed by atoms with van der Waals surface area (Å²) in [5, 5.41) is 4.48. The van der Waals surface area contributed by atoms with Crippen molar-refractivity contribution in [3.63, 3.8) is 0 Å². The lowest BCUT2D eigenvalue weighted by atomic mass is 10.1. The minimum Gasteiger partial charge on any atom is -0.318 e. The molecule has 0 spiro atoms. The number of amides is 2. The SMILES string of the molecule is CCc1ccc(NC(=O)C(=O)Nc2ccc(F)cc2F)cc1. The number of anilines is 2. The fourth-order valence-electron chi connectivity index (χ4n) is 1.78. The maximum atomic E-state index is 13.4. The van der Waals surface area contributed by atoms with Crippen molar-refractivity contribution in [3.05, 3.63) is 59.7 Å². The van der Waals surface area contributed by atoms with E-state index in [0.717, 1.165) is 24.1 Å². The number of rotatable bonds is 3. The molecule has 2 aromatic rings. The van der Waals surface area contributed by atoms with Crippen LogP contribution in [0, 0.1) is 11.6 Å². The molecule has 0 aliphatic rings. The van der Waals surface area contributed by atoms with Crippen LogP contribution in [-0.2, 0) is 16.0 Å². The average molecular weight is 304 g/mol. The van der Waals surface area contributed by atoms with Gasteiger partial charge >= 0.3 is 11.8 Å². The molecule has 2 N–H and O–H groups in total. The summed E-state index contributed by atoms with van der Waals surface area (Å²) >= 11 is 0. The third-order valence-corrected chi connectivity index (χ3v) is 3.01. The molecule has 0 bridgehead atoms. The number of benzene rings is 2. The second kappa shape index (κ2) is 6.80. The van der Waals surface area contributed by atoms with Gasteiger partial charge in [-0.1, -0.05) is 19.1 Å². The van der Waals surface area contributed by atoms with Gasteiger partial charge in [-0.05, 0) is 36.2 Å². The third-order valence-electron chi connectivity index (χ3n) is 3.01. The van der Waals surface area contributed by atoms with Crippen molar-refractivity contribution >= 4 is 23.2 Å². The molecule has 4 nitrogen and oxygen atoms in total. The van der Waals surface area contributed by atoms with Crippen molar-refractivity contribution in [1.82, 2.24) is 0 Å². The van der Waals surface area contributed by atoms with Crippen molar-refractivity contribution in [2.24, 2.45) is 0 Å². The molecule has 0 heterocycles. The highest BCUT2D eigenvalue weighted by atomic mass is 19.1. The number of carbonyl (C=O) groups excluding carboxylic acids is 2. The average Bonchev–Trinajstić information content (AvgIpc) is 2.50. The Morgan fingerprint density at radius 2 is 1.59 bits per heavy atom. The van der Waals surface area contributed by atoms with E-state index < -0.39 is 23.4 Å². The van der Waals surface area contributed by atoms with Crippen molar-refractivity contribution in [2.45, 2.75) is 13.3 Å². The van der Waals surface area contributed by atoms with Crippen LogP contribution in [0.3, 0.4) is 0 Å². The summed E-state index contributed by atoms with van der Waals surface area (Å²) in [5.74, 6) is -3.69. The minimum absolute atomic E-state index is 0.261. The lowest BCUT2D eigenvalue weighted by Gasteiger charge is -2.08. The Balaban J connectivity index is 2.01. The smallest absolute Gasteiger partial charge is 0.314 e. The van der Waals surface area contributed by atoms with Gasteiger partial charge in [0.2, 0.25) is 0 Å². The van der Waals surface area contributed by atoms with Crippen LogP contribution in [0.1, 0.15) is 12.5 Å². The van der Waals surface area contributed by atoms with Crippen LogP contribution in [0.4, 0.5) is 20.2 Å². The van der Waals surface area contributed by atoms with Gasteiger partial charge < -0.3 is 10.6 Å².